The van der Waals surface area contributed by atoms with E-state index in [2.05, 4.69) is 34.0 Å². The second kappa shape index (κ2) is 5.87. The number of hydrogen-bond donors (Lipinski definition) is 2. The molecule has 0 bridgehead atoms. The summed E-state index contributed by atoms with van der Waals surface area (Å²) in [6.07, 6.45) is 3.65. The predicted molar refractivity (Wildman–Crippen MR) is 87.1 cm³/mol. The minimum absolute atomic E-state index is 0.469. The molecule has 1 heterocycles. The number of fused-ring (bicyclic) bond motifs is 1. The van der Waals surface area contributed by atoms with Gasteiger partial charge in [0.1, 0.15) is 0 Å². The highest BCUT2D eigenvalue weighted by Crippen LogP contribution is 2.32. The van der Waals surface area contributed by atoms with E-state index in [1.165, 1.54) is 25.0 Å². The molecule has 0 aliphatic heterocycles. The van der Waals surface area contributed by atoms with E-state index in [0.717, 1.165) is 22.1 Å². The van der Waals surface area contributed by atoms with Crippen LogP contribution in [0.3, 0.4) is 0 Å². The van der Waals surface area contributed by atoms with Gasteiger partial charge in [0.15, 0.2) is 11.6 Å². The lowest BCUT2D eigenvalue weighted by molar-refractivity contribution is 0.752. The summed E-state index contributed by atoms with van der Waals surface area (Å²) in [5.74, 6) is 2.42. The number of nitrogens with zero attached hydrogens (tertiary/aromatic N) is 2. The molecular weight excluding hydrogens is 268 g/mol. The van der Waals surface area contributed by atoms with Gasteiger partial charge < -0.3 is 11.1 Å². The van der Waals surface area contributed by atoms with Gasteiger partial charge in [0, 0.05) is 11.3 Å². The molecule has 2 unspecified atom stereocenters. The maximum Gasteiger partial charge on any atom is 0.169 e. The van der Waals surface area contributed by atoms with Crippen molar-refractivity contribution >= 4 is 34.4 Å². The normalized spacial score (nSPS) is 22.2. The fourth-order valence-corrected chi connectivity index (χ4v) is 3.91. The summed E-state index contributed by atoms with van der Waals surface area (Å²) in [5, 5.41) is 4.25. The monoisotopic (exact) mass is 288 g/mol. The van der Waals surface area contributed by atoms with Gasteiger partial charge in [0.25, 0.3) is 0 Å². The maximum atomic E-state index is 6.02. The first-order valence-electron chi connectivity index (χ1n) is 7.16. The van der Waals surface area contributed by atoms with Crippen molar-refractivity contribution < 1.29 is 0 Å². The van der Waals surface area contributed by atoms with E-state index in [1.807, 2.05) is 24.3 Å². The Morgan fingerprint density at radius 3 is 2.75 bits per heavy atom. The Bertz CT molecular complexity index is 601. The van der Waals surface area contributed by atoms with Gasteiger partial charge in [-0.05, 0) is 37.1 Å². The SMILES string of the molecule is CCSC1CCC(Nc2nc3ccccc3nc2N)C1. The average molecular weight is 288 g/mol. The Morgan fingerprint density at radius 1 is 1.25 bits per heavy atom. The van der Waals surface area contributed by atoms with Crippen LogP contribution in [0.2, 0.25) is 0 Å². The molecule has 0 saturated heterocycles. The topological polar surface area (TPSA) is 63.8 Å². The number of nitrogen functional groups attached to an aromatic ring is 1. The Hall–Kier alpha value is -1.49. The molecule has 0 radical (unpaired) electrons. The van der Waals surface area contributed by atoms with Gasteiger partial charge in [-0.3, -0.25) is 0 Å². The molecule has 3 rings (SSSR count). The molecule has 0 spiro atoms. The quantitative estimate of drug-likeness (QED) is 0.903. The number of aromatic nitrogens is 2. The van der Waals surface area contributed by atoms with Crippen molar-refractivity contribution in [2.45, 2.75) is 37.5 Å². The fourth-order valence-electron chi connectivity index (χ4n) is 2.77. The van der Waals surface area contributed by atoms with Crippen LogP contribution in [0, 0.1) is 0 Å². The molecule has 4 nitrogen and oxygen atoms in total. The van der Waals surface area contributed by atoms with E-state index in [4.69, 9.17) is 5.73 Å². The Balaban J connectivity index is 1.76. The van der Waals surface area contributed by atoms with Crippen LogP contribution < -0.4 is 11.1 Å². The molecule has 1 aliphatic rings. The zero-order valence-corrected chi connectivity index (χ0v) is 12.5. The van der Waals surface area contributed by atoms with Crippen LogP contribution in [0.4, 0.5) is 11.6 Å². The van der Waals surface area contributed by atoms with Crippen molar-refractivity contribution in [3.63, 3.8) is 0 Å². The largest absolute Gasteiger partial charge is 0.381 e. The number of benzene rings is 1. The van der Waals surface area contributed by atoms with Crippen molar-refractivity contribution in [2.75, 3.05) is 16.8 Å². The number of nitrogens with two attached hydrogens (primary N) is 1. The van der Waals surface area contributed by atoms with E-state index < -0.39 is 0 Å². The second-order valence-corrected chi connectivity index (χ2v) is 6.76. The molecule has 2 atom stereocenters. The molecule has 0 amide bonds. The summed E-state index contributed by atoms with van der Waals surface area (Å²) in [6, 6.07) is 8.30. The highest BCUT2D eigenvalue weighted by molar-refractivity contribution is 7.99. The van der Waals surface area contributed by atoms with Crippen LogP contribution in [-0.4, -0.2) is 27.0 Å². The van der Waals surface area contributed by atoms with Crippen LogP contribution >= 0.6 is 11.8 Å². The predicted octanol–water partition coefficient (Wildman–Crippen LogP) is 3.30. The fraction of sp³-hybridized carbons (Fsp3) is 0.467. The molecule has 3 N–H and O–H groups in total. The van der Waals surface area contributed by atoms with Crippen LogP contribution in [0.5, 0.6) is 0 Å². The van der Waals surface area contributed by atoms with Crippen LogP contribution in [0.25, 0.3) is 11.0 Å². The maximum absolute atomic E-state index is 6.02. The summed E-state index contributed by atoms with van der Waals surface area (Å²) >= 11 is 2.05. The van der Waals surface area contributed by atoms with Crippen molar-refractivity contribution in [1.29, 1.82) is 0 Å². The molecule has 2 aromatic rings. The zero-order valence-electron chi connectivity index (χ0n) is 11.7. The molecular formula is C15H20N4S. The molecule has 20 heavy (non-hydrogen) atoms. The number of thioether (sulfide) groups is 1. The minimum Gasteiger partial charge on any atom is -0.381 e. The van der Waals surface area contributed by atoms with E-state index in [1.54, 1.807) is 0 Å². The highest BCUT2D eigenvalue weighted by Gasteiger charge is 2.25. The average Bonchev–Trinajstić information content (AvgIpc) is 2.87. The summed E-state index contributed by atoms with van der Waals surface area (Å²) in [4.78, 5) is 9.02. The van der Waals surface area contributed by atoms with E-state index >= 15 is 0 Å². The van der Waals surface area contributed by atoms with Gasteiger partial charge in [-0.15, -0.1) is 0 Å². The first-order valence-corrected chi connectivity index (χ1v) is 8.21. The van der Waals surface area contributed by atoms with E-state index in [-0.39, 0.29) is 0 Å². The molecule has 1 aliphatic carbocycles. The number of hydrogen-bond acceptors (Lipinski definition) is 5. The van der Waals surface area contributed by atoms with E-state index in [0.29, 0.717) is 11.9 Å². The van der Waals surface area contributed by atoms with Gasteiger partial charge in [0.05, 0.1) is 11.0 Å². The van der Waals surface area contributed by atoms with Gasteiger partial charge in [-0.1, -0.05) is 19.1 Å². The summed E-state index contributed by atoms with van der Waals surface area (Å²) in [7, 11) is 0. The van der Waals surface area contributed by atoms with E-state index in [9.17, 15) is 0 Å². The third kappa shape index (κ3) is 2.82. The molecule has 1 saturated carbocycles. The summed E-state index contributed by atoms with van der Waals surface area (Å²) in [6.45, 7) is 2.22. The lowest BCUT2D eigenvalue weighted by atomic mass is 10.2. The molecule has 1 fully saturated rings. The Labute approximate surface area is 123 Å². The Morgan fingerprint density at radius 2 is 2.00 bits per heavy atom. The van der Waals surface area contributed by atoms with Crippen molar-refractivity contribution in [1.82, 2.24) is 9.97 Å². The number of para-hydroxylation sites is 2. The van der Waals surface area contributed by atoms with Crippen LogP contribution in [-0.2, 0) is 0 Å². The zero-order chi connectivity index (χ0) is 13.9. The van der Waals surface area contributed by atoms with Crippen molar-refractivity contribution in [3.8, 4) is 0 Å². The third-order valence-electron chi connectivity index (χ3n) is 3.73. The third-order valence-corrected chi connectivity index (χ3v) is 4.96. The minimum atomic E-state index is 0.469. The molecule has 106 valence electrons. The van der Waals surface area contributed by atoms with Gasteiger partial charge in [-0.25, -0.2) is 9.97 Å². The standard InChI is InChI=1S/C15H20N4S/c1-2-20-11-8-7-10(9-11)17-15-14(16)18-12-5-3-4-6-13(12)19-15/h3-6,10-11H,2,7-9H2,1H3,(H2,16,18)(H,17,19). The molecule has 1 aromatic heterocycles. The molecule has 1 aromatic carbocycles. The van der Waals surface area contributed by atoms with Gasteiger partial charge >= 0.3 is 0 Å². The first kappa shape index (κ1) is 13.5. The summed E-state index contributed by atoms with van der Waals surface area (Å²) < 4.78 is 0. The lowest BCUT2D eigenvalue weighted by Gasteiger charge is -2.15. The van der Waals surface area contributed by atoms with Crippen molar-refractivity contribution in [2.24, 2.45) is 0 Å². The van der Waals surface area contributed by atoms with Gasteiger partial charge in [-0.2, -0.15) is 11.8 Å². The lowest BCUT2D eigenvalue weighted by Crippen LogP contribution is -2.18. The second-order valence-electron chi connectivity index (χ2n) is 5.18. The molecule has 5 heteroatoms. The first-order chi connectivity index (χ1) is 9.76. The number of nitrogens with one attached hydrogen (secondary N) is 1. The van der Waals surface area contributed by atoms with Crippen LogP contribution in [0.15, 0.2) is 24.3 Å². The summed E-state index contributed by atoms with van der Waals surface area (Å²) in [5.41, 5.74) is 7.76. The highest BCUT2D eigenvalue weighted by atomic mass is 32.2. The number of rotatable bonds is 4. The Kier molecular flexibility index (Phi) is 3.96. The smallest absolute Gasteiger partial charge is 0.169 e. The van der Waals surface area contributed by atoms with Gasteiger partial charge in [0.2, 0.25) is 0 Å². The van der Waals surface area contributed by atoms with Crippen molar-refractivity contribution in [3.05, 3.63) is 24.3 Å². The number of anilines is 2. The van der Waals surface area contributed by atoms with Crippen LogP contribution in [0.1, 0.15) is 26.2 Å².